The zero-order chi connectivity index (χ0) is 15.6. The molecule has 1 atom stereocenters. The van der Waals surface area contributed by atoms with E-state index in [4.69, 9.17) is 0 Å². The Bertz CT molecular complexity index is 614. The molecule has 2 rings (SSSR count). The van der Waals surface area contributed by atoms with Gasteiger partial charge in [0.25, 0.3) is 0 Å². The first-order valence-corrected chi connectivity index (χ1v) is 8.13. The Hall–Kier alpha value is -1.40. The van der Waals surface area contributed by atoms with Crippen LogP contribution in [0.2, 0.25) is 0 Å². The Morgan fingerprint density at radius 1 is 1.48 bits per heavy atom. The fourth-order valence-electron chi connectivity index (χ4n) is 2.43. The second-order valence-corrected chi connectivity index (χ2v) is 6.87. The number of nitrogens with one attached hydrogen (secondary N) is 1. The van der Waals surface area contributed by atoms with Crippen LogP contribution in [0.15, 0.2) is 11.6 Å². The van der Waals surface area contributed by atoms with E-state index in [1.54, 1.807) is 30.3 Å². The molecular formula is C15H24N4OS. The highest BCUT2D eigenvalue weighted by atomic mass is 32.1. The van der Waals surface area contributed by atoms with Gasteiger partial charge in [0.2, 0.25) is 5.91 Å². The lowest BCUT2D eigenvalue weighted by atomic mass is 10.0. The molecule has 1 unspecified atom stereocenters. The minimum Gasteiger partial charge on any atom is -0.347 e. The maximum absolute atomic E-state index is 12.3. The van der Waals surface area contributed by atoms with Crippen molar-refractivity contribution in [1.82, 2.24) is 19.6 Å². The molecule has 0 spiro atoms. The quantitative estimate of drug-likeness (QED) is 0.891. The van der Waals surface area contributed by atoms with Crippen molar-refractivity contribution in [3.8, 4) is 0 Å². The number of carbonyl (C=O) groups excluding carboxylic acids is 1. The third-order valence-corrected chi connectivity index (χ3v) is 4.28. The normalized spacial score (nSPS) is 13.0. The molecule has 0 aliphatic heterocycles. The van der Waals surface area contributed by atoms with E-state index in [9.17, 15) is 4.79 Å². The van der Waals surface area contributed by atoms with Crippen LogP contribution in [-0.4, -0.2) is 40.3 Å². The standard InChI is InChI=1S/C15H24N4OS/c1-10(2)8-12(14(20)18(4)5)16-9-13-11(3)17-15-19(13)6-7-21-15/h6-7,10,12,16H,8-9H2,1-5H3. The summed E-state index contributed by atoms with van der Waals surface area (Å²) in [7, 11) is 3.61. The molecule has 2 aromatic heterocycles. The Balaban J connectivity index is 2.12. The van der Waals surface area contributed by atoms with Gasteiger partial charge >= 0.3 is 0 Å². The number of aromatic nitrogens is 2. The molecule has 0 aliphatic rings. The fraction of sp³-hybridized carbons (Fsp3) is 0.600. The number of thiazole rings is 1. The Kier molecular flexibility index (Phi) is 5.00. The SMILES string of the molecule is Cc1nc2sccn2c1CNC(CC(C)C)C(=O)N(C)C. The number of rotatable bonds is 6. The number of carbonyl (C=O) groups is 1. The Morgan fingerprint density at radius 3 is 2.81 bits per heavy atom. The smallest absolute Gasteiger partial charge is 0.239 e. The lowest BCUT2D eigenvalue weighted by Crippen LogP contribution is -2.44. The van der Waals surface area contributed by atoms with Crippen molar-refractivity contribution in [3.63, 3.8) is 0 Å². The summed E-state index contributed by atoms with van der Waals surface area (Å²) in [5.74, 6) is 0.603. The summed E-state index contributed by atoms with van der Waals surface area (Å²) >= 11 is 1.63. The van der Waals surface area contributed by atoms with Crippen molar-refractivity contribution >= 4 is 22.2 Å². The van der Waals surface area contributed by atoms with Crippen LogP contribution in [0.3, 0.4) is 0 Å². The molecule has 0 fully saturated rings. The minimum atomic E-state index is -0.149. The molecule has 1 amide bonds. The number of amides is 1. The monoisotopic (exact) mass is 308 g/mol. The second-order valence-electron chi connectivity index (χ2n) is 6.00. The van der Waals surface area contributed by atoms with Crippen molar-refractivity contribution in [2.24, 2.45) is 5.92 Å². The highest BCUT2D eigenvalue weighted by molar-refractivity contribution is 7.15. The average Bonchev–Trinajstić information content (AvgIpc) is 2.94. The molecule has 5 nitrogen and oxygen atoms in total. The zero-order valence-electron chi connectivity index (χ0n) is 13.4. The topological polar surface area (TPSA) is 49.6 Å². The van der Waals surface area contributed by atoms with E-state index in [1.807, 2.05) is 18.5 Å². The van der Waals surface area contributed by atoms with Crippen LogP contribution in [0, 0.1) is 12.8 Å². The van der Waals surface area contributed by atoms with Gasteiger partial charge in [0, 0.05) is 32.2 Å². The van der Waals surface area contributed by atoms with E-state index in [0.717, 1.165) is 22.8 Å². The molecule has 0 saturated carbocycles. The third-order valence-electron chi connectivity index (χ3n) is 3.52. The number of nitrogens with zero attached hydrogens (tertiary/aromatic N) is 3. The lowest BCUT2D eigenvalue weighted by molar-refractivity contribution is -0.131. The molecule has 116 valence electrons. The van der Waals surface area contributed by atoms with Gasteiger partial charge in [0.05, 0.1) is 17.4 Å². The van der Waals surface area contributed by atoms with Gasteiger partial charge in [-0.15, -0.1) is 11.3 Å². The molecule has 0 aliphatic carbocycles. The predicted molar refractivity (Wildman–Crippen MR) is 86.6 cm³/mol. The van der Waals surface area contributed by atoms with Gasteiger partial charge in [-0.3, -0.25) is 9.20 Å². The van der Waals surface area contributed by atoms with E-state index in [2.05, 4.69) is 28.5 Å². The van der Waals surface area contributed by atoms with Crippen LogP contribution in [-0.2, 0) is 11.3 Å². The zero-order valence-corrected chi connectivity index (χ0v) is 14.2. The molecule has 0 bridgehead atoms. The van der Waals surface area contributed by atoms with Crippen molar-refractivity contribution in [3.05, 3.63) is 23.0 Å². The van der Waals surface area contributed by atoms with Crippen LogP contribution in [0.25, 0.3) is 4.96 Å². The maximum atomic E-state index is 12.3. The number of hydrogen-bond donors (Lipinski definition) is 1. The molecule has 0 saturated heterocycles. The van der Waals surface area contributed by atoms with Crippen molar-refractivity contribution < 1.29 is 4.79 Å². The van der Waals surface area contributed by atoms with Gasteiger partial charge < -0.3 is 10.2 Å². The van der Waals surface area contributed by atoms with Gasteiger partial charge in [-0.2, -0.15) is 0 Å². The summed E-state index contributed by atoms with van der Waals surface area (Å²) in [5.41, 5.74) is 2.15. The summed E-state index contributed by atoms with van der Waals surface area (Å²) < 4.78 is 2.10. The summed E-state index contributed by atoms with van der Waals surface area (Å²) in [4.78, 5) is 19.5. The van der Waals surface area contributed by atoms with E-state index in [0.29, 0.717) is 12.5 Å². The van der Waals surface area contributed by atoms with Gasteiger partial charge in [0.1, 0.15) is 0 Å². The first-order chi connectivity index (χ1) is 9.90. The number of imidazole rings is 1. The Morgan fingerprint density at radius 2 is 2.19 bits per heavy atom. The summed E-state index contributed by atoms with van der Waals surface area (Å²) in [5, 5.41) is 5.44. The third kappa shape index (κ3) is 3.63. The van der Waals surface area contributed by atoms with Crippen LogP contribution in [0.5, 0.6) is 0 Å². The summed E-state index contributed by atoms with van der Waals surface area (Å²) in [6.07, 6.45) is 2.86. The molecule has 21 heavy (non-hydrogen) atoms. The first-order valence-electron chi connectivity index (χ1n) is 7.25. The van der Waals surface area contributed by atoms with E-state index in [1.165, 1.54) is 0 Å². The highest BCUT2D eigenvalue weighted by Gasteiger charge is 2.22. The largest absolute Gasteiger partial charge is 0.347 e. The number of hydrogen-bond acceptors (Lipinski definition) is 4. The Labute approximate surface area is 130 Å². The first kappa shape index (κ1) is 16.0. The van der Waals surface area contributed by atoms with Crippen LogP contribution >= 0.6 is 11.3 Å². The van der Waals surface area contributed by atoms with Crippen LogP contribution in [0.1, 0.15) is 31.7 Å². The number of likely N-dealkylation sites (N-methyl/N-ethyl adjacent to an activating group) is 1. The van der Waals surface area contributed by atoms with Crippen LogP contribution in [0.4, 0.5) is 0 Å². The molecule has 2 aromatic rings. The fourth-order valence-corrected chi connectivity index (χ4v) is 3.21. The van der Waals surface area contributed by atoms with Gasteiger partial charge in [0.15, 0.2) is 4.96 Å². The van der Waals surface area contributed by atoms with E-state index in [-0.39, 0.29) is 11.9 Å². The molecule has 2 heterocycles. The van der Waals surface area contributed by atoms with Gasteiger partial charge in [-0.1, -0.05) is 13.8 Å². The number of aryl methyl sites for hydroxylation is 1. The van der Waals surface area contributed by atoms with E-state index < -0.39 is 0 Å². The average molecular weight is 308 g/mol. The van der Waals surface area contributed by atoms with Crippen LogP contribution < -0.4 is 5.32 Å². The van der Waals surface area contributed by atoms with Crippen molar-refractivity contribution in [2.75, 3.05) is 14.1 Å². The maximum Gasteiger partial charge on any atom is 0.239 e. The molecule has 0 aromatic carbocycles. The molecule has 0 radical (unpaired) electrons. The second kappa shape index (κ2) is 6.58. The van der Waals surface area contributed by atoms with Crippen molar-refractivity contribution in [1.29, 1.82) is 0 Å². The highest BCUT2D eigenvalue weighted by Crippen LogP contribution is 2.17. The van der Waals surface area contributed by atoms with Gasteiger partial charge in [-0.05, 0) is 19.3 Å². The summed E-state index contributed by atoms with van der Waals surface area (Å²) in [6, 6.07) is -0.149. The lowest BCUT2D eigenvalue weighted by Gasteiger charge is -2.23. The summed E-state index contributed by atoms with van der Waals surface area (Å²) in [6.45, 7) is 6.94. The number of fused-ring (bicyclic) bond motifs is 1. The molecule has 1 N–H and O–H groups in total. The van der Waals surface area contributed by atoms with Crippen molar-refractivity contribution in [2.45, 2.75) is 39.8 Å². The minimum absolute atomic E-state index is 0.132. The predicted octanol–water partition coefficient (Wildman–Crippen LogP) is 2.30. The molecule has 6 heteroatoms. The van der Waals surface area contributed by atoms with Gasteiger partial charge in [-0.25, -0.2) is 4.98 Å². The van der Waals surface area contributed by atoms with E-state index >= 15 is 0 Å². The molecular weight excluding hydrogens is 284 g/mol.